The molecule has 0 aliphatic heterocycles. The van der Waals surface area contributed by atoms with Crippen LogP contribution in [0.15, 0.2) is 75.9 Å². The minimum Gasteiger partial charge on any atom is -0.475 e. The molecule has 2 aromatic heterocycles. The Morgan fingerprint density at radius 2 is 1.84 bits per heavy atom. The van der Waals surface area contributed by atoms with Gasteiger partial charge in [0.05, 0.1) is 22.7 Å². The Morgan fingerprint density at radius 1 is 1.08 bits per heavy atom. The minimum absolute atomic E-state index is 0.0532. The van der Waals surface area contributed by atoms with E-state index in [1.807, 2.05) is 0 Å². The van der Waals surface area contributed by atoms with Gasteiger partial charge in [0.15, 0.2) is 11.0 Å². The number of ether oxygens (including phenoxy) is 1. The van der Waals surface area contributed by atoms with E-state index in [9.17, 15) is 27.9 Å². The average molecular weight is 514 g/mol. The number of aromatic nitrogens is 1. The lowest BCUT2D eigenvalue weighted by Crippen LogP contribution is -2.20. The predicted molar refractivity (Wildman–Crippen MR) is 128 cm³/mol. The Labute approximate surface area is 208 Å². The SMILES string of the molecule is O=C(Nc1cccc2c(=O)cc(-c3ccccc3C(F)(F)F)oc12)c1cccc(OCC(O)CCO)n1. The highest BCUT2D eigenvalue weighted by atomic mass is 19.4. The Bertz CT molecular complexity index is 1490. The molecule has 0 spiro atoms. The highest BCUT2D eigenvalue weighted by Crippen LogP contribution is 2.37. The standard InChI is InChI=1S/C26H21F3N2O6/c27-26(28,29)18-7-2-1-5-16(18)22-13-21(34)17-6-3-8-19(24(17)37-22)31-25(35)20-9-4-10-23(30-20)36-14-15(33)11-12-32/h1-10,13,15,32-33H,11-12,14H2,(H,31,35). The molecule has 4 rings (SSSR count). The average Bonchev–Trinajstić information content (AvgIpc) is 2.87. The normalized spacial score (nSPS) is 12.4. The molecule has 1 amide bonds. The summed E-state index contributed by atoms with van der Waals surface area (Å²) in [7, 11) is 0. The molecule has 0 bridgehead atoms. The van der Waals surface area contributed by atoms with Crippen molar-refractivity contribution in [3.05, 3.63) is 88.2 Å². The molecule has 0 fully saturated rings. The first-order valence-electron chi connectivity index (χ1n) is 11.1. The van der Waals surface area contributed by atoms with Crippen molar-refractivity contribution in [2.24, 2.45) is 0 Å². The number of carbonyl (C=O) groups is 1. The predicted octanol–water partition coefficient (Wildman–Crippen LogP) is 4.25. The van der Waals surface area contributed by atoms with Crippen molar-refractivity contribution in [1.82, 2.24) is 4.98 Å². The van der Waals surface area contributed by atoms with E-state index in [-0.39, 0.29) is 59.2 Å². The molecule has 1 atom stereocenters. The van der Waals surface area contributed by atoms with Crippen LogP contribution in [0.4, 0.5) is 18.9 Å². The first kappa shape index (κ1) is 25.9. The van der Waals surface area contributed by atoms with E-state index in [2.05, 4.69) is 10.3 Å². The van der Waals surface area contributed by atoms with Crippen molar-refractivity contribution >= 4 is 22.6 Å². The van der Waals surface area contributed by atoms with E-state index in [1.165, 1.54) is 54.6 Å². The summed E-state index contributed by atoms with van der Waals surface area (Å²) in [6.45, 7) is -0.361. The Kier molecular flexibility index (Phi) is 7.55. The molecule has 3 N–H and O–H groups in total. The second-order valence-corrected chi connectivity index (χ2v) is 7.99. The fraction of sp³-hybridized carbons (Fsp3) is 0.192. The number of nitrogens with one attached hydrogen (secondary N) is 1. The first-order valence-corrected chi connectivity index (χ1v) is 11.1. The van der Waals surface area contributed by atoms with Crippen molar-refractivity contribution in [3.63, 3.8) is 0 Å². The molecular formula is C26H21F3N2O6. The molecule has 8 nitrogen and oxygen atoms in total. The number of carbonyl (C=O) groups excluding carboxylic acids is 1. The van der Waals surface area contributed by atoms with Crippen LogP contribution in [0.1, 0.15) is 22.5 Å². The minimum atomic E-state index is -4.68. The van der Waals surface area contributed by atoms with E-state index in [0.717, 1.165) is 12.1 Å². The van der Waals surface area contributed by atoms with Gasteiger partial charge in [-0.25, -0.2) is 4.98 Å². The van der Waals surface area contributed by atoms with E-state index >= 15 is 0 Å². The number of aliphatic hydroxyl groups excluding tert-OH is 2. The number of benzene rings is 2. The molecule has 192 valence electrons. The van der Waals surface area contributed by atoms with Gasteiger partial charge in [-0.15, -0.1) is 0 Å². The van der Waals surface area contributed by atoms with Crippen LogP contribution >= 0.6 is 0 Å². The number of pyridine rings is 1. The van der Waals surface area contributed by atoms with Gasteiger partial charge in [-0.05, 0) is 30.7 Å². The van der Waals surface area contributed by atoms with Gasteiger partial charge in [-0.3, -0.25) is 9.59 Å². The molecule has 0 radical (unpaired) electrons. The fourth-order valence-corrected chi connectivity index (χ4v) is 3.58. The Morgan fingerprint density at radius 3 is 2.59 bits per heavy atom. The van der Waals surface area contributed by atoms with Gasteiger partial charge in [0.1, 0.15) is 18.1 Å². The summed E-state index contributed by atoms with van der Waals surface area (Å²) < 4.78 is 51.7. The van der Waals surface area contributed by atoms with Crippen molar-refractivity contribution < 1.29 is 37.3 Å². The second-order valence-electron chi connectivity index (χ2n) is 7.99. The molecule has 0 aliphatic carbocycles. The van der Waals surface area contributed by atoms with Gasteiger partial charge in [0, 0.05) is 24.3 Å². The maximum absolute atomic E-state index is 13.5. The van der Waals surface area contributed by atoms with E-state index < -0.39 is 29.2 Å². The van der Waals surface area contributed by atoms with Crippen LogP contribution in [-0.4, -0.2) is 40.4 Å². The highest BCUT2D eigenvalue weighted by molar-refractivity contribution is 6.07. The number of amides is 1. The molecule has 2 heterocycles. The molecule has 37 heavy (non-hydrogen) atoms. The Hall–Kier alpha value is -4.22. The third kappa shape index (κ3) is 5.96. The largest absolute Gasteiger partial charge is 0.475 e. The van der Waals surface area contributed by atoms with Crippen molar-refractivity contribution in [2.75, 3.05) is 18.5 Å². The van der Waals surface area contributed by atoms with E-state index in [1.54, 1.807) is 0 Å². The monoisotopic (exact) mass is 514 g/mol. The number of anilines is 1. The second kappa shape index (κ2) is 10.8. The van der Waals surface area contributed by atoms with E-state index in [0.29, 0.717) is 0 Å². The number of para-hydroxylation sites is 1. The zero-order valence-corrected chi connectivity index (χ0v) is 19.2. The van der Waals surface area contributed by atoms with Crippen LogP contribution in [0.3, 0.4) is 0 Å². The molecule has 2 aromatic carbocycles. The van der Waals surface area contributed by atoms with Gasteiger partial charge in [-0.2, -0.15) is 13.2 Å². The molecule has 11 heteroatoms. The molecule has 4 aromatic rings. The first-order chi connectivity index (χ1) is 17.7. The number of hydrogen-bond donors (Lipinski definition) is 3. The zero-order chi connectivity index (χ0) is 26.6. The lowest BCUT2D eigenvalue weighted by molar-refractivity contribution is -0.137. The summed E-state index contributed by atoms with van der Waals surface area (Å²) in [6, 6.07) is 14.4. The Balaban J connectivity index is 1.66. The maximum Gasteiger partial charge on any atom is 0.417 e. The fourth-order valence-electron chi connectivity index (χ4n) is 3.58. The molecule has 0 aliphatic rings. The summed E-state index contributed by atoms with van der Waals surface area (Å²) in [5.41, 5.74) is -1.98. The van der Waals surface area contributed by atoms with Gasteiger partial charge in [0.25, 0.3) is 5.91 Å². The van der Waals surface area contributed by atoms with Crippen molar-refractivity contribution in [1.29, 1.82) is 0 Å². The summed E-state index contributed by atoms with van der Waals surface area (Å²) in [5, 5.41) is 21.2. The quantitative estimate of drug-likeness (QED) is 0.321. The third-order valence-corrected chi connectivity index (χ3v) is 5.34. The van der Waals surface area contributed by atoms with Crippen molar-refractivity contribution in [2.45, 2.75) is 18.7 Å². The topological polar surface area (TPSA) is 122 Å². The van der Waals surface area contributed by atoms with Gasteiger partial charge >= 0.3 is 6.18 Å². The zero-order valence-electron chi connectivity index (χ0n) is 19.2. The molecule has 0 saturated carbocycles. The molecule has 1 unspecified atom stereocenters. The number of rotatable bonds is 8. The maximum atomic E-state index is 13.5. The van der Waals surface area contributed by atoms with E-state index in [4.69, 9.17) is 14.3 Å². The number of halogens is 3. The van der Waals surface area contributed by atoms with Crippen LogP contribution in [0.25, 0.3) is 22.3 Å². The van der Waals surface area contributed by atoms with Crippen LogP contribution < -0.4 is 15.5 Å². The number of nitrogens with zero attached hydrogens (tertiary/aromatic N) is 1. The number of hydrogen-bond acceptors (Lipinski definition) is 7. The number of fused-ring (bicyclic) bond motifs is 1. The van der Waals surface area contributed by atoms with Gasteiger partial charge in [-0.1, -0.05) is 30.3 Å². The van der Waals surface area contributed by atoms with Crippen LogP contribution in [0, 0.1) is 0 Å². The summed E-state index contributed by atoms with van der Waals surface area (Å²) in [5.74, 6) is -0.945. The number of alkyl halides is 3. The van der Waals surface area contributed by atoms with Crippen LogP contribution in [-0.2, 0) is 6.18 Å². The van der Waals surface area contributed by atoms with Gasteiger partial charge < -0.3 is 24.7 Å². The number of aliphatic hydroxyl groups is 2. The molecular weight excluding hydrogens is 493 g/mol. The third-order valence-electron chi connectivity index (χ3n) is 5.34. The van der Waals surface area contributed by atoms with Crippen LogP contribution in [0.5, 0.6) is 5.88 Å². The van der Waals surface area contributed by atoms with Crippen LogP contribution in [0.2, 0.25) is 0 Å². The molecule has 0 saturated heterocycles. The lowest BCUT2D eigenvalue weighted by atomic mass is 10.0. The smallest absolute Gasteiger partial charge is 0.417 e. The summed E-state index contributed by atoms with van der Waals surface area (Å²) in [4.78, 5) is 29.7. The van der Waals surface area contributed by atoms with Gasteiger partial charge in [0.2, 0.25) is 5.88 Å². The lowest BCUT2D eigenvalue weighted by Gasteiger charge is -2.13. The highest BCUT2D eigenvalue weighted by Gasteiger charge is 2.34. The summed E-state index contributed by atoms with van der Waals surface area (Å²) >= 11 is 0. The summed E-state index contributed by atoms with van der Waals surface area (Å²) in [6.07, 6.45) is -5.48. The van der Waals surface area contributed by atoms with Crippen molar-refractivity contribution in [3.8, 4) is 17.2 Å².